The average molecular weight is 214 g/mol. The number of carbonyl (C=O) groups is 1. The lowest BCUT2D eigenvalue weighted by atomic mass is 10.2. The van der Waals surface area contributed by atoms with Crippen molar-refractivity contribution in [3.8, 4) is 0 Å². The number of rotatable bonds is 6. The zero-order chi connectivity index (χ0) is 11.9. The highest BCUT2D eigenvalue weighted by Gasteiger charge is 2.09. The third-order valence-corrected chi connectivity index (χ3v) is 1.66. The summed E-state index contributed by atoms with van der Waals surface area (Å²) in [5.41, 5.74) is 0.356. The van der Waals surface area contributed by atoms with Gasteiger partial charge in [0.25, 0.3) is 0 Å². The fourth-order valence-electron chi connectivity index (χ4n) is 0.871. The van der Waals surface area contributed by atoms with Crippen LogP contribution in [0.5, 0.6) is 0 Å². The molecular weight excluding hydrogens is 192 g/mol. The van der Waals surface area contributed by atoms with Crippen molar-refractivity contribution in [2.45, 2.75) is 46.1 Å². The van der Waals surface area contributed by atoms with E-state index in [0.29, 0.717) is 18.8 Å². The third-order valence-electron chi connectivity index (χ3n) is 1.66. The molecule has 0 aliphatic carbocycles. The number of hydrogen-bond donors (Lipinski definition) is 0. The summed E-state index contributed by atoms with van der Waals surface area (Å²) in [6, 6.07) is 0. The molecule has 0 N–H and O–H groups in total. The zero-order valence-corrected chi connectivity index (χ0v) is 10.3. The summed E-state index contributed by atoms with van der Waals surface area (Å²) < 4.78 is 10.5. The maximum atomic E-state index is 11.0. The van der Waals surface area contributed by atoms with Crippen LogP contribution in [-0.2, 0) is 14.3 Å². The summed E-state index contributed by atoms with van der Waals surface area (Å²) in [4.78, 5) is 11.0. The Morgan fingerprint density at radius 1 is 1.20 bits per heavy atom. The van der Waals surface area contributed by atoms with E-state index in [9.17, 15) is 4.79 Å². The highest BCUT2D eigenvalue weighted by atomic mass is 16.5. The molecule has 88 valence electrons. The topological polar surface area (TPSA) is 35.5 Å². The van der Waals surface area contributed by atoms with E-state index >= 15 is 0 Å². The van der Waals surface area contributed by atoms with Crippen LogP contribution in [-0.4, -0.2) is 24.8 Å². The summed E-state index contributed by atoms with van der Waals surface area (Å²) in [6.07, 6.45) is 1.73. The molecule has 0 rings (SSSR count). The molecule has 3 nitrogen and oxygen atoms in total. The predicted octanol–water partition coefficient (Wildman–Crippen LogP) is 2.70. The van der Waals surface area contributed by atoms with Gasteiger partial charge in [-0.05, 0) is 40.5 Å². The van der Waals surface area contributed by atoms with Gasteiger partial charge in [0.2, 0.25) is 0 Å². The van der Waals surface area contributed by atoms with Gasteiger partial charge in [0, 0.05) is 12.2 Å². The van der Waals surface area contributed by atoms with Gasteiger partial charge in [-0.1, -0.05) is 6.58 Å². The zero-order valence-electron chi connectivity index (χ0n) is 10.3. The number of carbonyl (C=O) groups excluding carboxylic acids is 1. The van der Waals surface area contributed by atoms with Crippen molar-refractivity contribution in [1.29, 1.82) is 0 Å². The second-order valence-electron chi connectivity index (χ2n) is 4.58. The predicted molar refractivity (Wildman–Crippen MR) is 60.7 cm³/mol. The van der Waals surface area contributed by atoms with Crippen molar-refractivity contribution in [2.24, 2.45) is 0 Å². The molecule has 0 heterocycles. The van der Waals surface area contributed by atoms with E-state index in [-0.39, 0.29) is 11.6 Å². The minimum Gasteiger partial charge on any atom is -0.462 e. The van der Waals surface area contributed by atoms with Crippen LogP contribution < -0.4 is 0 Å². The normalized spacial score (nSPS) is 11.2. The molecule has 0 bridgehead atoms. The molecule has 0 saturated carbocycles. The van der Waals surface area contributed by atoms with Crippen LogP contribution in [0.1, 0.15) is 40.5 Å². The van der Waals surface area contributed by atoms with E-state index in [1.807, 2.05) is 20.8 Å². The first kappa shape index (κ1) is 14.2. The maximum absolute atomic E-state index is 11.0. The van der Waals surface area contributed by atoms with Crippen LogP contribution in [0.2, 0.25) is 0 Å². The average Bonchev–Trinajstić information content (AvgIpc) is 2.08. The van der Waals surface area contributed by atoms with E-state index in [2.05, 4.69) is 6.58 Å². The molecule has 15 heavy (non-hydrogen) atoms. The second-order valence-corrected chi connectivity index (χ2v) is 4.58. The Balaban J connectivity index is 3.33. The van der Waals surface area contributed by atoms with Crippen molar-refractivity contribution >= 4 is 5.97 Å². The third kappa shape index (κ3) is 9.47. The molecule has 0 spiro atoms. The molecule has 0 aliphatic rings. The Morgan fingerprint density at radius 2 is 1.73 bits per heavy atom. The maximum Gasteiger partial charge on any atom is 0.333 e. The standard InChI is InChI=1S/C12H22O3/c1-10(2)11(13)14-8-6-7-9-15-12(3,4)5/h1,6-9H2,2-5H3. The highest BCUT2D eigenvalue weighted by Crippen LogP contribution is 2.07. The van der Waals surface area contributed by atoms with Gasteiger partial charge >= 0.3 is 5.97 Å². The fraction of sp³-hybridized carbons (Fsp3) is 0.750. The first-order valence-corrected chi connectivity index (χ1v) is 5.29. The quantitative estimate of drug-likeness (QED) is 0.387. The van der Waals surface area contributed by atoms with Gasteiger partial charge in [0.15, 0.2) is 0 Å². The number of unbranched alkanes of at least 4 members (excludes halogenated alkanes) is 1. The molecule has 0 aromatic heterocycles. The Labute approximate surface area is 92.5 Å². The Hall–Kier alpha value is -0.830. The van der Waals surface area contributed by atoms with Crippen molar-refractivity contribution in [2.75, 3.05) is 13.2 Å². The lowest BCUT2D eigenvalue weighted by Gasteiger charge is -2.19. The first-order chi connectivity index (χ1) is 6.83. The smallest absolute Gasteiger partial charge is 0.333 e. The van der Waals surface area contributed by atoms with Crippen molar-refractivity contribution in [3.63, 3.8) is 0 Å². The van der Waals surface area contributed by atoms with Gasteiger partial charge in [0.05, 0.1) is 12.2 Å². The summed E-state index contributed by atoms with van der Waals surface area (Å²) in [6.45, 7) is 12.4. The monoisotopic (exact) mass is 214 g/mol. The molecule has 0 radical (unpaired) electrons. The van der Waals surface area contributed by atoms with Crippen LogP contribution in [0, 0.1) is 0 Å². The fourth-order valence-corrected chi connectivity index (χ4v) is 0.871. The highest BCUT2D eigenvalue weighted by molar-refractivity contribution is 5.86. The van der Waals surface area contributed by atoms with E-state index in [0.717, 1.165) is 12.8 Å². The largest absolute Gasteiger partial charge is 0.462 e. The summed E-state index contributed by atoms with van der Waals surface area (Å²) in [7, 11) is 0. The Kier molecular flexibility index (Phi) is 6.25. The van der Waals surface area contributed by atoms with Crippen LogP contribution in [0.3, 0.4) is 0 Å². The number of hydrogen-bond acceptors (Lipinski definition) is 3. The first-order valence-electron chi connectivity index (χ1n) is 5.29. The number of esters is 1. The van der Waals surface area contributed by atoms with E-state index < -0.39 is 0 Å². The summed E-state index contributed by atoms with van der Waals surface area (Å²) in [5.74, 6) is -0.313. The molecule has 0 aliphatic heterocycles. The lowest BCUT2D eigenvalue weighted by Crippen LogP contribution is -2.19. The number of ether oxygens (including phenoxy) is 2. The van der Waals surface area contributed by atoms with Crippen molar-refractivity contribution in [1.82, 2.24) is 0 Å². The van der Waals surface area contributed by atoms with Crippen LogP contribution >= 0.6 is 0 Å². The van der Waals surface area contributed by atoms with Crippen molar-refractivity contribution in [3.05, 3.63) is 12.2 Å². The van der Waals surface area contributed by atoms with Gasteiger partial charge in [-0.3, -0.25) is 0 Å². The summed E-state index contributed by atoms with van der Waals surface area (Å²) >= 11 is 0. The molecule has 0 unspecified atom stereocenters. The minimum absolute atomic E-state index is 0.0889. The molecule has 0 atom stereocenters. The summed E-state index contributed by atoms with van der Waals surface area (Å²) in [5, 5.41) is 0. The molecule has 0 saturated heterocycles. The molecule has 3 heteroatoms. The minimum atomic E-state index is -0.313. The molecular formula is C12H22O3. The van der Waals surface area contributed by atoms with Gasteiger partial charge in [0.1, 0.15) is 0 Å². The van der Waals surface area contributed by atoms with Crippen LogP contribution in [0.4, 0.5) is 0 Å². The SMILES string of the molecule is C=C(C)C(=O)OCCCCOC(C)(C)C. The second kappa shape index (κ2) is 6.62. The van der Waals surface area contributed by atoms with Gasteiger partial charge in [-0.25, -0.2) is 4.79 Å². The Bertz CT molecular complexity index is 213. The molecule has 0 aromatic rings. The van der Waals surface area contributed by atoms with Crippen LogP contribution in [0.25, 0.3) is 0 Å². The van der Waals surface area contributed by atoms with Crippen molar-refractivity contribution < 1.29 is 14.3 Å². The van der Waals surface area contributed by atoms with E-state index in [1.165, 1.54) is 0 Å². The molecule has 0 amide bonds. The lowest BCUT2D eigenvalue weighted by molar-refractivity contribution is -0.139. The van der Waals surface area contributed by atoms with E-state index in [4.69, 9.17) is 9.47 Å². The van der Waals surface area contributed by atoms with Crippen LogP contribution in [0.15, 0.2) is 12.2 Å². The van der Waals surface area contributed by atoms with E-state index in [1.54, 1.807) is 6.92 Å². The van der Waals surface area contributed by atoms with Gasteiger partial charge in [-0.15, -0.1) is 0 Å². The Morgan fingerprint density at radius 3 is 2.20 bits per heavy atom. The van der Waals surface area contributed by atoms with Gasteiger partial charge in [-0.2, -0.15) is 0 Å². The molecule has 0 aromatic carbocycles. The van der Waals surface area contributed by atoms with Gasteiger partial charge < -0.3 is 9.47 Å². The molecule has 0 fully saturated rings.